The lowest BCUT2D eigenvalue weighted by Gasteiger charge is -2.14. The molecule has 4 heteroatoms. The Morgan fingerprint density at radius 2 is 0.812 bits per heavy atom. The first-order valence-electron chi connectivity index (χ1n) is 15.8. The Bertz CT molecular complexity index is 2390. The average Bonchev–Trinajstić information content (AvgIpc) is 3.18. The van der Waals surface area contributed by atoms with Crippen molar-refractivity contribution in [3.63, 3.8) is 0 Å². The summed E-state index contributed by atoms with van der Waals surface area (Å²) in [6, 6.07) is 59.7. The van der Waals surface area contributed by atoms with Crippen LogP contribution in [0.4, 0.5) is 0 Å². The van der Waals surface area contributed by atoms with Crippen LogP contribution in [-0.4, -0.2) is 15.0 Å². The zero-order chi connectivity index (χ0) is 32.3. The fourth-order valence-electron chi connectivity index (χ4n) is 6.05. The van der Waals surface area contributed by atoms with Crippen LogP contribution in [0.25, 0.3) is 78.3 Å². The Balaban J connectivity index is 1.25. The Labute approximate surface area is 279 Å². The summed E-state index contributed by atoms with van der Waals surface area (Å²) in [4.78, 5) is 15.4. The summed E-state index contributed by atoms with van der Waals surface area (Å²) in [7, 11) is 0. The largest absolute Gasteiger partial charge is 0.248 e. The van der Waals surface area contributed by atoms with Gasteiger partial charge in [0.15, 0.2) is 0 Å². The fourth-order valence-corrected chi connectivity index (χ4v) is 6.05. The summed E-state index contributed by atoms with van der Waals surface area (Å²) in [5.74, 6) is 0. The maximum absolute atomic E-state index is 9.38. The topological polar surface area (TPSA) is 62.5 Å². The summed E-state index contributed by atoms with van der Waals surface area (Å²) in [5.41, 5.74) is 14.0. The molecule has 6 aromatic carbocycles. The lowest BCUT2D eigenvalue weighted by Crippen LogP contribution is -1.96. The average molecular weight is 613 g/mol. The van der Waals surface area contributed by atoms with Crippen molar-refractivity contribution in [3.05, 3.63) is 175 Å². The van der Waals surface area contributed by atoms with Crippen molar-refractivity contribution in [2.75, 3.05) is 0 Å². The molecule has 224 valence electrons. The molecule has 0 aliphatic rings. The van der Waals surface area contributed by atoms with Gasteiger partial charge in [0, 0.05) is 22.3 Å². The van der Waals surface area contributed by atoms with E-state index in [9.17, 15) is 5.26 Å². The second-order valence-corrected chi connectivity index (χ2v) is 11.6. The van der Waals surface area contributed by atoms with Crippen molar-refractivity contribution >= 4 is 11.0 Å². The van der Waals surface area contributed by atoms with Gasteiger partial charge in [0.25, 0.3) is 0 Å². The molecule has 0 radical (unpaired) electrons. The quantitative estimate of drug-likeness (QED) is 0.187. The molecule has 4 nitrogen and oxygen atoms in total. The van der Waals surface area contributed by atoms with Gasteiger partial charge >= 0.3 is 0 Å². The molecule has 0 amide bonds. The maximum atomic E-state index is 9.38. The number of rotatable bonds is 6. The lowest BCUT2D eigenvalue weighted by molar-refractivity contribution is 1.29. The van der Waals surface area contributed by atoms with E-state index in [0.717, 1.165) is 78.3 Å². The van der Waals surface area contributed by atoms with Gasteiger partial charge in [-0.25, -0.2) is 15.0 Å². The van der Waals surface area contributed by atoms with E-state index in [-0.39, 0.29) is 0 Å². The predicted molar refractivity (Wildman–Crippen MR) is 195 cm³/mol. The van der Waals surface area contributed by atoms with Crippen molar-refractivity contribution in [1.29, 1.82) is 5.26 Å². The molecule has 0 fully saturated rings. The minimum absolute atomic E-state index is 0.639. The van der Waals surface area contributed by atoms with Gasteiger partial charge in [-0.05, 0) is 64.7 Å². The van der Waals surface area contributed by atoms with Crippen LogP contribution in [0.1, 0.15) is 5.56 Å². The number of nitrogens with zero attached hydrogens (tertiary/aromatic N) is 4. The molecule has 8 rings (SSSR count). The lowest BCUT2D eigenvalue weighted by atomic mass is 9.96. The second kappa shape index (κ2) is 12.6. The number of hydrogen-bond donors (Lipinski definition) is 0. The van der Waals surface area contributed by atoms with Crippen molar-refractivity contribution in [3.8, 4) is 73.4 Å². The van der Waals surface area contributed by atoms with Gasteiger partial charge in [0.2, 0.25) is 0 Å². The first-order chi connectivity index (χ1) is 23.7. The van der Waals surface area contributed by atoms with E-state index in [1.54, 1.807) is 0 Å². The van der Waals surface area contributed by atoms with E-state index in [0.29, 0.717) is 5.56 Å². The fraction of sp³-hybridized carbons (Fsp3) is 0. The minimum Gasteiger partial charge on any atom is -0.248 e. The van der Waals surface area contributed by atoms with Gasteiger partial charge in [0.05, 0.1) is 45.4 Å². The number of para-hydroxylation sites is 2. The molecule has 2 heterocycles. The van der Waals surface area contributed by atoms with Crippen LogP contribution < -0.4 is 0 Å². The molecule has 0 saturated carbocycles. The Morgan fingerprint density at radius 3 is 1.42 bits per heavy atom. The Morgan fingerprint density at radius 1 is 0.333 bits per heavy atom. The van der Waals surface area contributed by atoms with Gasteiger partial charge in [0.1, 0.15) is 0 Å². The molecule has 8 aromatic rings. The smallest absolute Gasteiger partial charge is 0.0991 e. The highest BCUT2D eigenvalue weighted by molar-refractivity contribution is 5.88. The first-order valence-corrected chi connectivity index (χ1v) is 15.8. The van der Waals surface area contributed by atoms with Crippen LogP contribution in [-0.2, 0) is 0 Å². The van der Waals surface area contributed by atoms with Gasteiger partial charge in [-0.15, -0.1) is 0 Å². The molecule has 0 spiro atoms. The van der Waals surface area contributed by atoms with E-state index in [1.165, 1.54) is 0 Å². The summed E-state index contributed by atoms with van der Waals surface area (Å²) in [6.07, 6.45) is 0. The zero-order valence-corrected chi connectivity index (χ0v) is 26.0. The van der Waals surface area contributed by atoms with Crippen LogP contribution in [0.3, 0.4) is 0 Å². The van der Waals surface area contributed by atoms with Gasteiger partial charge in [-0.3, -0.25) is 0 Å². The van der Waals surface area contributed by atoms with Gasteiger partial charge < -0.3 is 0 Å². The minimum atomic E-state index is 0.639. The van der Waals surface area contributed by atoms with Gasteiger partial charge in [-0.2, -0.15) is 5.26 Å². The highest BCUT2D eigenvalue weighted by Gasteiger charge is 2.16. The number of nitriles is 1. The molecule has 48 heavy (non-hydrogen) atoms. The summed E-state index contributed by atoms with van der Waals surface area (Å²) in [6.45, 7) is 0. The number of hydrogen-bond acceptors (Lipinski definition) is 4. The first kappa shape index (κ1) is 28.8. The summed E-state index contributed by atoms with van der Waals surface area (Å²) in [5, 5.41) is 9.38. The molecular formula is C44H28N4. The zero-order valence-electron chi connectivity index (χ0n) is 26.0. The third kappa shape index (κ3) is 5.73. The third-order valence-electron chi connectivity index (χ3n) is 8.49. The summed E-state index contributed by atoms with van der Waals surface area (Å²) < 4.78 is 0. The molecule has 0 unspecified atom stereocenters. The Kier molecular flexibility index (Phi) is 7.54. The number of fused-ring (bicyclic) bond motifs is 1. The van der Waals surface area contributed by atoms with Crippen molar-refractivity contribution in [2.24, 2.45) is 0 Å². The van der Waals surface area contributed by atoms with E-state index in [2.05, 4.69) is 91.0 Å². The summed E-state index contributed by atoms with van der Waals surface area (Å²) >= 11 is 0. The highest BCUT2D eigenvalue weighted by Crippen LogP contribution is 2.36. The molecule has 0 bridgehead atoms. The van der Waals surface area contributed by atoms with Gasteiger partial charge in [-0.1, -0.05) is 127 Å². The standard InChI is InChI=1S/C44H28N4/c45-29-30-11-9-16-35(25-30)31-21-23-34(24-22-31)43-44(48-40-20-8-7-19-39(40)47-43)37-18-10-17-36(26-37)38-27-41(32-12-3-1-4-13-32)46-42(28-38)33-14-5-2-6-15-33/h1-28H. The molecule has 0 N–H and O–H groups in total. The molecule has 2 aromatic heterocycles. The molecule has 0 aliphatic heterocycles. The van der Waals surface area contributed by atoms with Crippen molar-refractivity contribution in [2.45, 2.75) is 0 Å². The normalized spacial score (nSPS) is 10.9. The molecule has 0 atom stereocenters. The SMILES string of the molecule is N#Cc1cccc(-c2ccc(-c3nc4ccccc4nc3-c3cccc(-c4cc(-c5ccccc5)nc(-c5ccccc5)c4)c3)cc2)c1. The van der Waals surface area contributed by atoms with Crippen LogP contribution in [0, 0.1) is 11.3 Å². The van der Waals surface area contributed by atoms with Crippen molar-refractivity contribution < 1.29 is 0 Å². The molecular weight excluding hydrogens is 585 g/mol. The van der Waals surface area contributed by atoms with Crippen LogP contribution >= 0.6 is 0 Å². The Hall–Kier alpha value is -6.70. The third-order valence-corrected chi connectivity index (χ3v) is 8.49. The maximum Gasteiger partial charge on any atom is 0.0991 e. The molecule has 0 saturated heterocycles. The van der Waals surface area contributed by atoms with Crippen molar-refractivity contribution in [1.82, 2.24) is 15.0 Å². The van der Waals surface area contributed by atoms with Crippen LogP contribution in [0.15, 0.2) is 170 Å². The van der Waals surface area contributed by atoms with E-state index < -0.39 is 0 Å². The number of aromatic nitrogens is 3. The highest BCUT2D eigenvalue weighted by atomic mass is 14.8. The van der Waals surface area contributed by atoms with Crippen LogP contribution in [0.5, 0.6) is 0 Å². The number of benzene rings is 6. The monoisotopic (exact) mass is 612 g/mol. The van der Waals surface area contributed by atoms with Crippen LogP contribution in [0.2, 0.25) is 0 Å². The van der Waals surface area contributed by atoms with E-state index in [4.69, 9.17) is 15.0 Å². The second-order valence-electron chi connectivity index (χ2n) is 11.6. The van der Waals surface area contributed by atoms with E-state index >= 15 is 0 Å². The number of pyridine rings is 1. The molecule has 0 aliphatic carbocycles. The predicted octanol–water partition coefficient (Wildman–Crippen LogP) is 10.9. The van der Waals surface area contributed by atoms with E-state index in [1.807, 2.05) is 84.9 Å².